The Morgan fingerprint density at radius 1 is 1.36 bits per heavy atom. The predicted molar refractivity (Wildman–Crippen MR) is 51.4 cm³/mol. The van der Waals surface area contributed by atoms with Crippen molar-refractivity contribution in [2.75, 3.05) is 13.4 Å². The molecule has 3 nitrogen and oxygen atoms in total. The quantitative estimate of drug-likeness (QED) is 0.579. The normalized spacial score (nSPS) is 10.2. The summed E-state index contributed by atoms with van der Waals surface area (Å²) in [6.07, 6.45) is 0. The van der Waals surface area contributed by atoms with Crippen LogP contribution in [0.4, 0.5) is 4.39 Å². The molecule has 0 spiro atoms. The molecule has 0 aliphatic rings. The monoisotopic (exact) mass is 199 g/mol. The van der Waals surface area contributed by atoms with Gasteiger partial charge in [-0.05, 0) is 24.6 Å². The van der Waals surface area contributed by atoms with Gasteiger partial charge >= 0.3 is 0 Å². The Kier molecular flexibility index (Phi) is 4.35. The van der Waals surface area contributed by atoms with E-state index in [1.54, 1.807) is 6.07 Å². The molecule has 0 aromatic heterocycles. The van der Waals surface area contributed by atoms with E-state index in [2.05, 4.69) is 0 Å². The van der Waals surface area contributed by atoms with E-state index >= 15 is 0 Å². The number of benzene rings is 1. The highest BCUT2D eigenvalue weighted by Gasteiger charge is 2.00. The van der Waals surface area contributed by atoms with Crippen molar-refractivity contribution in [1.82, 2.24) is 0 Å². The average molecular weight is 199 g/mol. The molecule has 1 aromatic carbocycles. The van der Waals surface area contributed by atoms with Crippen LogP contribution in [-0.2, 0) is 11.3 Å². The average Bonchev–Trinajstić information content (AvgIpc) is 2.17. The molecule has 0 heterocycles. The van der Waals surface area contributed by atoms with Gasteiger partial charge in [-0.2, -0.15) is 0 Å². The van der Waals surface area contributed by atoms with Gasteiger partial charge in [0.25, 0.3) is 0 Å². The minimum Gasteiger partial charge on any atom is -0.467 e. The largest absolute Gasteiger partial charge is 0.467 e. The molecule has 0 aliphatic heterocycles. The van der Waals surface area contributed by atoms with Crippen LogP contribution in [0.25, 0.3) is 0 Å². The SMILES string of the molecule is CCOCOc1cc(F)cc(CN)c1. The molecule has 1 aromatic rings. The summed E-state index contributed by atoms with van der Waals surface area (Å²) in [5.41, 5.74) is 6.09. The number of rotatable bonds is 5. The molecule has 0 atom stereocenters. The van der Waals surface area contributed by atoms with E-state index in [-0.39, 0.29) is 12.6 Å². The van der Waals surface area contributed by atoms with Gasteiger partial charge in [0, 0.05) is 19.2 Å². The van der Waals surface area contributed by atoms with Crippen LogP contribution in [0.2, 0.25) is 0 Å². The van der Waals surface area contributed by atoms with Crippen LogP contribution in [-0.4, -0.2) is 13.4 Å². The van der Waals surface area contributed by atoms with Gasteiger partial charge in [-0.15, -0.1) is 0 Å². The lowest BCUT2D eigenvalue weighted by Gasteiger charge is -2.07. The molecule has 78 valence electrons. The Labute approximate surface area is 82.6 Å². The van der Waals surface area contributed by atoms with E-state index in [0.717, 1.165) is 0 Å². The van der Waals surface area contributed by atoms with Gasteiger partial charge in [-0.1, -0.05) is 0 Å². The van der Waals surface area contributed by atoms with Crippen LogP contribution in [0.1, 0.15) is 12.5 Å². The van der Waals surface area contributed by atoms with Gasteiger partial charge in [0.15, 0.2) is 6.79 Å². The van der Waals surface area contributed by atoms with Crippen LogP contribution in [0.5, 0.6) is 5.75 Å². The molecule has 2 N–H and O–H groups in total. The van der Waals surface area contributed by atoms with Crippen molar-refractivity contribution in [3.63, 3.8) is 0 Å². The van der Waals surface area contributed by atoms with Crippen molar-refractivity contribution in [3.8, 4) is 5.75 Å². The second-order valence-electron chi connectivity index (χ2n) is 2.75. The summed E-state index contributed by atoms with van der Waals surface area (Å²) in [5, 5.41) is 0. The third-order valence-electron chi connectivity index (χ3n) is 1.68. The van der Waals surface area contributed by atoms with Gasteiger partial charge in [-0.25, -0.2) is 4.39 Å². The van der Waals surface area contributed by atoms with E-state index in [1.165, 1.54) is 12.1 Å². The van der Waals surface area contributed by atoms with Crippen molar-refractivity contribution in [2.45, 2.75) is 13.5 Å². The molecule has 14 heavy (non-hydrogen) atoms. The van der Waals surface area contributed by atoms with Crippen molar-refractivity contribution < 1.29 is 13.9 Å². The van der Waals surface area contributed by atoms with Crippen molar-refractivity contribution in [2.24, 2.45) is 5.73 Å². The molecular weight excluding hydrogens is 185 g/mol. The number of ether oxygens (including phenoxy) is 2. The Bertz CT molecular complexity index is 291. The third-order valence-corrected chi connectivity index (χ3v) is 1.68. The molecule has 1 rings (SSSR count). The number of halogens is 1. The lowest BCUT2D eigenvalue weighted by Crippen LogP contribution is -2.04. The Hall–Kier alpha value is -1.13. The number of hydrogen-bond acceptors (Lipinski definition) is 3. The van der Waals surface area contributed by atoms with Crippen molar-refractivity contribution >= 4 is 0 Å². The first-order chi connectivity index (χ1) is 6.76. The molecule has 0 saturated heterocycles. The van der Waals surface area contributed by atoms with Gasteiger partial charge in [-0.3, -0.25) is 0 Å². The van der Waals surface area contributed by atoms with Crippen molar-refractivity contribution in [3.05, 3.63) is 29.6 Å². The third kappa shape index (κ3) is 3.32. The van der Waals surface area contributed by atoms with E-state index in [4.69, 9.17) is 15.2 Å². The maximum absolute atomic E-state index is 12.9. The highest BCUT2D eigenvalue weighted by atomic mass is 19.1. The van der Waals surface area contributed by atoms with Crippen LogP contribution in [0, 0.1) is 5.82 Å². The van der Waals surface area contributed by atoms with Crippen LogP contribution in [0.15, 0.2) is 18.2 Å². The molecular formula is C10H14FNO2. The molecule has 0 aliphatic carbocycles. The first kappa shape index (κ1) is 10.9. The number of hydrogen-bond donors (Lipinski definition) is 1. The van der Waals surface area contributed by atoms with Gasteiger partial charge in [0.2, 0.25) is 0 Å². The molecule has 4 heteroatoms. The van der Waals surface area contributed by atoms with E-state index in [1.807, 2.05) is 6.92 Å². The summed E-state index contributed by atoms with van der Waals surface area (Å²) in [6, 6.07) is 4.38. The minimum atomic E-state index is -0.348. The zero-order chi connectivity index (χ0) is 10.4. The van der Waals surface area contributed by atoms with Gasteiger partial charge < -0.3 is 15.2 Å². The van der Waals surface area contributed by atoms with Crippen molar-refractivity contribution in [1.29, 1.82) is 0 Å². The lowest BCUT2D eigenvalue weighted by atomic mass is 10.2. The molecule has 0 unspecified atom stereocenters. The van der Waals surface area contributed by atoms with E-state index in [0.29, 0.717) is 24.5 Å². The summed E-state index contributed by atoms with van der Waals surface area (Å²) < 4.78 is 23.1. The summed E-state index contributed by atoms with van der Waals surface area (Å²) in [7, 11) is 0. The molecule has 0 bridgehead atoms. The summed E-state index contributed by atoms with van der Waals surface area (Å²) in [5.74, 6) is 0.0957. The summed E-state index contributed by atoms with van der Waals surface area (Å²) in [6.45, 7) is 2.85. The van der Waals surface area contributed by atoms with E-state index < -0.39 is 0 Å². The van der Waals surface area contributed by atoms with Crippen LogP contribution in [0.3, 0.4) is 0 Å². The highest BCUT2D eigenvalue weighted by Crippen LogP contribution is 2.15. The summed E-state index contributed by atoms with van der Waals surface area (Å²) in [4.78, 5) is 0. The second kappa shape index (κ2) is 5.57. The standard InChI is InChI=1S/C10H14FNO2/c1-2-13-7-14-10-4-8(6-12)3-9(11)5-10/h3-5H,2,6-7,12H2,1H3. The number of nitrogens with two attached hydrogens (primary N) is 1. The maximum Gasteiger partial charge on any atom is 0.189 e. The Morgan fingerprint density at radius 3 is 2.79 bits per heavy atom. The zero-order valence-corrected chi connectivity index (χ0v) is 8.13. The Balaban J connectivity index is 2.62. The maximum atomic E-state index is 12.9. The highest BCUT2D eigenvalue weighted by molar-refractivity contribution is 5.29. The molecule has 0 radical (unpaired) electrons. The minimum absolute atomic E-state index is 0.129. The van der Waals surface area contributed by atoms with Crippen LogP contribution < -0.4 is 10.5 Å². The topological polar surface area (TPSA) is 44.5 Å². The summed E-state index contributed by atoms with van der Waals surface area (Å²) >= 11 is 0. The predicted octanol–water partition coefficient (Wildman–Crippen LogP) is 1.66. The first-order valence-electron chi connectivity index (χ1n) is 4.46. The zero-order valence-electron chi connectivity index (χ0n) is 8.13. The molecule has 0 saturated carbocycles. The fraction of sp³-hybridized carbons (Fsp3) is 0.400. The van der Waals surface area contributed by atoms with E-state index in [9.17, 15) is 4.39 Å². The molecule has 0 fully saturated rings. The van der Waals surface area contributed by atoms with Crippen LogP contribution >= 0.6 is 0 Å². The fourth-order valence-corrected chi connectivity index (χ4v) is 1.01. The second-order valence-corrected chi connectivity index (χ2v) is 2.75. The lowest BCUT2D eigenvalue weighted by molar-refractivity contribution is 0.0222. The fourth-order valence-electron chi connectivity index (χ4n) is 1.01. The van der Waals surface area contributed by atoms with Gasteiger partial charge in [0.1, 0.15) is 11.6 Å². The first-order valence-corrected chi connectivity index (χ1v) is 4.46. The smallest absolute Gasteiger partial charge is 0.189 e. The Morgan fingerprint density at radius 2 is 2.14 bits per heavy atom. The molecule has 0 amide bonds. The van der Waals surface area contributed by atoms with Gasteiger partial charge in [0.05, 0.1) is 0 Å².